The first kappa shape index (κ1) is 20.4. The number of hydrogen-bond acceptors (Lipinski definition) is 3. The Hall–Kier alpha value is -3.53. The standard InChI is InChI=1S/C28H25FN2O/c1-4-28(3,5-2)20-11-12-30-23(14-20)19-13-25-27(31-17-19)26-22(18-9-7-6-8-10-18)15-21(29)16-24(26)32-25/h6-17H,4-5H2,1-3H3. The monoisotopic (exact) mass is 424 g/mol. The summed E-state index contributed by atoms with van der Waals surface area (Å²) in [5.41, 5.74) is 6.68. The van der Waals surface area contributed by atoms with Crippen LogP contribution in [0, 0.1) is 5.82 Å². The van der Waals surface area contributed by atoms with Gasteiger partial charge in [-0.05, 0) is 59.2 Å². The molecule has 2 aromatic carbocycles. The van der Waals surface area contributed by atoms with Gasteiger partial charge in [0, 0.05) is 24.0 Å². The molecule has 3 aromatic heterocycles. The lowest BCUT2D eigenvalue weighted by Gasteiger charge is -2.27. The van der Waals surface area contributed by atoms with Crippen LogP contribution in [0.1, 0.15) is 39.2 Å². The van der Waals surface area contributed by atoms with Crippen LogP contribution in [0.25, 0.3) is 44.5 Å². The van der Waals surface area contributed by atoms with Crippen LogP contribution in [0.4, 0.5) is 4.39 Å². The van der Waals surface area contributed by atoms with Gasteiger partial charge in [-0.3, -0.25) is 9.97 Å². The first-order valence-electron chi connectivity index (χ1n) is 11.1. The van der Waals surface area contributed by atoms with Crippen molar-refractivity contribution in [3.63, 3.8) is 0 Å². The van der Waals surface area contributed by atoms with E-state index < -0.39 is 0 Å². The van der Waals surface area contributed by atoms with E-state index in [2.05, 4.69) is 37.9 Å². The number of halogens is 1. The van der Waals surface area contributed by atoms with E-state index in [4.69, 9.17) is 9.40 Å². The van der Waals surface area contributed by atoms with Gasteiger partial charge in [0.15, 0.2) is 5.58 Å². The van der Waals surface area contributed by atoms with Gasteiger partial charge in [0.1, 0.15) is 16.9 Å². The van der Waals surface area contributed by atoms with Crippen LogP contribution in [-0.2, 0) is 5.41 Å². The van der Waals surface area contributed by atoms with E-state index in [1.54, 1.807) is 6.07 Å². The third-order valence-electron chi connectivity index (χ3n) is 6.77. The van der Waals surface area contributed by atoms with Gasteiger partial charge in [0.2, 0.25) is 0 Å². The van der Waals surface area contributed by atoms with Gasteiger partial charge in [-0.1, -0.05) is 51.1 Å². The third kappa shape index (κ3) is 3.36. The molecule has 0 spiro atoms. The Morgan fingerprint density at radius 1 is 0.875 bits per heavy atom. The minimum atomic E-state index is -0.330. The van der Waals surface area contributed by atoms with Crippen molar-refractivity contribution in [1.82, 2.24) is 9.97 Å². The number of aromatic nitrogens is 2. The summed E-state index contributed by atoms with van der Waals surface area (Å²) in [6.45, 7) is 6.72. The van der Waals surface area contributed by atoms with Crippen LogP contribution in [0.15, 0.2) is 77.5 Å². The van der Waals surface area contributed by atoms with Crippen LogP contribution in [-0.4, -0.2) is 9.97 Å². The summed E-state index contributed by atoms with van der Waals surface area (Å²) in [6, 6.07) is 18.9. The summed E-state index contributed by atoms with van der Waals surface area (Å²) in [5.74, 6) is -0.330. The van der Waals surface area contributed by atoms with Crippen molar-refractivity contribution < 1.29 is 8.81 Å². The maximum Gasteiger partial charge on any atom is 0.154 e. The summed E-state index contributed by atoms with van der Waals surface area (Å²) < 4.78 is 20.5. The average Bonchev–Trinajstić information content (AvgIpc) is 3.21. The molecule has 0 fully saturated rings. The number of nitrogens with zero attached hydrogens (tertiary/aromatic N) is 2. The molecule has 4 heteroatoms. The SMILES string of the molecule is CCC(C)(CC)c1ccnc(-c2cnc3c(c2)oc2cc(F)cc(-c4ccccc4)c23)c1. The predicted octanol–water partition coefficient (Wildman–Crippen LogP) is 7.93. The van der Waals surface area contributed by atoms with Crippen LogP contribution in [0.3, 0.4) is 0 Å². The number of fused-ring (bicyclic) bond motifs is 3. The molecule has 3 nitrogen and oxygen atoms in total. The Balaban J connectivity index is 1.67. The van der Waals surface area contributed by atoms with E-state index in [-0.39, 0.29) is 11.2 Å². The summed E-state index contributed by atoms with van der Waals surface area (Å²) in [4.78, 5) is 9.33. The van der Waals surface area contributed by atoms with Crippen LogP contribution < -0.4 is 0 Å². The molecule has 0 unspecified atom stereocenters. The lowest BCUT2D eigenvalue weighted by Crippen LogP contribution is -2.19. The van der Waals surface area contributed by atoms with E-state index in [1.807, 2.05) is 48.8 Å². The lowest BCUT2D eigenvalue weighted by molar-refractivity contribution is 0.438. The maximum atomic E-state index is 14.4. The van der Waals surface area contributed by atoms with E-state index in [9.17, 15) is 4.39 Å². The Morgan fingerprint density at radius 3 is 2.41 bits per heavy atom. The Labute approximate surface area is 186 Å². The highest BCUT2D eigenvalue weighted by Crippen LogP contribution is 2.38. The maximum absolute atomic E-state index is 14.4. The fourth-order valence-corrected chi connectivity index (χ4v) is 4.34. The highest BCUT2D eigenvalue weighted by atomic mass is 19.1. The fraction of sp³-hybridized carbons (Fsp3) is 0.214. The van der Waals surface area contributed by atoms with Gasteiger partial charge in [-0.2, -0.15) is 0 Å². The minimum absolute atomic E-state index is 0.108. The Morgan fingerprint density at radius 2 is 1.66 bits per heavy atom. The second-order valence-electron chi connectivity index (χ2n) is 8.56. The molecule has 0 saturated carbocycles. The van der Waals surface area contributed by atoms with Gasteiger partial charge in [-0.15, -0.1) is 0 Å². The smallest absolute Gasteiger partial charge is 0.154 e. The molecular formula is C28H25FN2O. The molecular weight excluding hydrogens is 399 g/mol. The molecule has 0 aliphatic rings. The number of furan rings is 1. The van der Waals surface area contributed by atoms with Crippen molar-refractivity contribution in [1.29, 1.82) is 0 Å². The first-order valence-corrected chi connectivity index (χ1v) is 11.1. The Bertz CT molecular complexity index is 1420. The largest absolute Gasteiger partial charge is 0.454 e. The van der Waals surface area contributed by atoms with Crippen LogP contribution in [0.5, 0.6) is 0 Å². The van der Waals surface area contributed by atoms with E-state index >= 15 is 0 Å². The van der Waals surface area contributed by atoms with Gasteiger partial charge < -0.3 is 4.42 Å². The van der Waals surface area contributed by atoms with Crippen molar-refractivity contribution in [2.75, 3.05) is 0 Å². The van der Waals surface area contributed by atoms with Crippen molar-refractivity contribution in [2.45, 2.75) is 39.0 Å². The zero-order valence-electron chi connectivity index (χ0n) is 18.5. The van der Waals surface area contributed by atoms with Crippen molar-refractivity contribution >= 4 is 22.1 Å². The van der Waals surface area contributed by atoms with Gasteiger partial charge in [0.25, 0.3) is 0 Å². The van der Waals surface area contributed by atoms with Crippen LogP contribution in [0.2, 0.25) is 0 Å². The molecule has 32 heavy (non-hydrogen) atoms. The fourth-order valence-electron chi connectivity index (χ4n) is 4.34. The Kier molecular flexibility index (Phi) is 5.01. The number of hydrogen-bond donors (Lipinski definition) is 0. The molecule has 3 heterocycles. The van der Waals surface area contributed by atoms with E-state index in [1.165, 1.54) is 11.6 Å². The highest BCUT2D eigenvalue weighted by molar-refractivity contribution is 6.11. The summed E-state index contributed by atoms with van der Waals surface area (Å²) in [6.07, 6.45) is 5.81. The number of rotatable bonds is 5. The predicted molar refractivity (Wildman–Crippen MR) is 128 cm³/mol. The summed E-state index contributed by atoms with van der Waals surface area (Å²) in [7, 11) is 0. The first-order chi connectivity index (χ1) is 15.5. The van der Waals surface area contributed by atoms with E-state index in [0.29, 0.717) is 11.2 Å². The zero-order valence-corrected chi connectivity index (χ0v) is 18.5. The normalized spacial score (nSPS) is 12.0. The van der Waals surface area contributed by atoms with Crippen molar-refractivity contribution in [2.24, 2.45) is 0 Å². The lowest BCUT2D eigenvalue weighted by atomic mass is 9.78. The molecule has 5 aromatic rings. The third-order valence-corrected chi connectivity index (χ3v) is 6.77. The molecule has 0 saturated heterocycles. The van der Waals surface area contributed by atoms with E-state index in [0.717, 1.165) is 46.1 Å². The van der Waals surface area contributed by atoms with Crippen LogP contribution >= 0.6 is 0 Å². The molecule has 0 amide bonds. The second kappa shape index (κ2) is 7.86. The molecule has 160 valence electrons. The number of benzene rings is 2. The molecule has 5 rings (SSSR count). The van der Waals surface area contributed by atoms with Gasteiger partial charge in [0.05, 0.1) is 11.1 Å². The van der Waals surface area contributed by atoms with Gasteiger partial charge in [-0.25, -0.2) is 4.39 Å². The zero-order chi connectivity index (χ0) is 22.3. The second-order valence-corrected chi connectivity index (χ2v) is 8.56. The quantitative estimate of drug-likeness (QED) is 0.287. The highest BCUT2D eigenvalue weighted by Gasteiger charge is 2.23. The molecule has 0 N–H and O–H groups in total. The molecule has 0 atom stereocenters. The summed E-state index contributed by atoms with van der Waals surface area (Å²) >= 11 is 0. The molecule has 0 radical (unpaired) electrons. The minimum Gasteiger partial charge on any atom is -0.454 e. The summed E-state index contributed by atoms with van der Waals surface area (Å²) in [5, 5.41) is 0.824. The van der Waals surface area contributed by atoms with Gasteiger partial charge >= 0.3 is 0 Å². The number of pyridine rings is 2. The van der Waals surface area contributed by atoms with Crippen molar-refractivity contribution in [3.8, 4) is 22.4 Å². The molecule has 0 bridgehead atoms. The molecule has 0 aliphatic heterocycles. The average molecular weight is 425 g/mol. The molecule has 0 aliphatic carbocycles. The topological polar surface area (TPSA) is 38.9 Å². The van der Waals surface area contributed by atoms with Crippen molar-refractivity contribution in [3.05, 3.63) is 84.4 Å².